The maximum atomic E-state index is 12.1. The number of esters is 1. The number of nitrogens with zero attached hydrogens (tertiary/aromatic N) is 1. The van der Waals surface area contributed by atoms with Gasteiger partial charge in [0.15, 0.2) is 0 Å². The molecule has 0 aliphatic heterocycles. The van der Waals surface area contributed by atoms with Crippen LogP contribution in [-0.2, 0) is 9.53 Å². The highest BCUT2D eigenvalue weighted by Crippen LogP contribution is 2.27. The van der Waals surface area contributed by atoms with Gasteiger partial charge in [0.2, 0.25) is 0 Å². The number of rotatable bonds is 6. The molecular formula is C15H30N2O2. The Labute approximate surface area is 117 Å². The van der Waals surface area contributed by atoms with E-state index in [1.54, 1.807) is 0 Å². The third-order valence-corrected chi connectivity index (χ3v) is 4.38. The lowest BCUT2D eigenvalue weighted by Gasteiger charge is -2.38. The molecule has 0 heterocycles. The molecular weight excluding hydrogens is 240 g/mol. The van der Waals surface area contributed by atoms with Crippen molar-refractivity contribution in [2.24, 2.45) is 5.92 Å². The third kappa shape index (κ3) is 4.46. The van der Waals surface area contributed by atoms with E-state index in [2.05, 4.69) is 24.2 Å². The first-order chi connectivity index (χ1) is 8.92. The Balaban J connectivity index is 2.61. The van der Waals surface area contributed by atoms with Gasteiger partial charge in [0, 0.05) is 12.6 Å². The van der Waals surface area contributed by atoms with Crippen molar-refractivity contribution in [2.75, 3.05) is 27.2 Å². The van der Waals surface area contributed by atoms with Crippen LogP contribution >= 0.6 is 0 Å². The molecule has 0 aromatic heterocycles. The lowest BCUT2D eigenvalue weighted by atomic mass is 9.86. The molecule has 3 atom stereocenters. The second-order valence-corrected chi connectivity index (χ2v) is 6.14. The van der Waals surface area contributed by atoms with E-state index in [1.807, 2.05) is 20.9 Å². The van der Waals surface area contributed by atoms with Gasteiger partial charge in [-0.05, 0) is 46.7 Å². The maximum Gasteiger partial charge on any atom is 0.327 e. The van der Waals surface area contributed by atoms with Crippen molar-refractivity contribution in [3.63, 3.8) is 0 Å². The average molecular weight is 270 g/mol. The van der Waals surface area contributed by atoms with Gasteiger partial charge in [-0.25, -0.2) is 0 Å². The number of likely N-dealkylation sites (N-methyl/N-ethyl adjacent to an activating group) is 2. The highest BCUT2D eigenvalue weighted by atomic mass is 16.5. The summed E-state index contributed by atoms with van der Waals surface area (Å²) in [5, 5.41) is 3.13. The van der Waals surface area contributed by atoms with Gasteiger partial charge in [0.1, 0.15) is 5.54 Å². The summed E-state index contributed by atoms with van der Waals surface area (Å²) in [7, 11) is 3.95. The van der Waals surface area contributed by atoms with Crippen LogP contribution in [0.4, 0.5) is 0 Å². The van der Waals surface area contributed by atoms with Gasteiger partial charge in [0.25, 0.3) is 0 Å². The second kappa shape index (κ2) is 7.25. The fourth-order valence-corrected chi connectivity index (χ4v) is 2.97. The molecule has 0 aromatic carbocycles. The molecule has 3 unspecified atom stereocenters. The normalized spacial score (nSPS) is 27.1. The molecule has 0 aromatic rings. The Kier molecular flexibility index (Phi) is 6.27. The highest BCUT2D eigenvalue weighted by molar-refractivity contribution is 5.80. The van der Waals surface area contributed by atoms with Gasteiger partial charge in [0.05, 0.1) is 6.61 Å². The van der Waals surface area contributed by atoms with Gasteiger partial charge in [-0.15, -0.1) is 0 Å². The Morgan fingerprint density at radius 1 is 1.47 bits per heavy atom. The molecule has 1 aliphatic carbocycles. The number of nitrogens with one attached hydrogen (secondary N) is 1. The van der Waals surface area contributed by atoms with Crippen LogP contribution in [0.15, 0.2) is 0 Å². The third-order valence-electron chi connectivity index (χ3n) is 4.38. The van der Waals surface area contributed by atoms with Gasteiger partial charge in [-0.3, -0.25) is 4.79 Å². The summed E-state index contributed by atoms with van der Waals surface area (Å²) in [5.41, 5.74) is -0.620. The lowest BCUT2D eigenvalue weighted by molar-refractivity contribution is -0.151. The standard InChI is InChI=1S/C15H30N2O2/c1-6-19-14(18)15(3,16-4)11-17(5)13-9-7-8-12(2)10-13/h12-13,16H,6-11H2,1-5H3. The molecule has 4 nitrogen and oxygen atoms in total. The first-order valence-electron chi connectivity index (χ1n) is 7.49. The van der Waals surface area contributed by atoms with Crippen LogP contribution in [0.2, 0.25) is 0 Å². The summed E-state index contributed by atoms with van der Waals surface area (Å²) >= 11 is 0. The van der Waals surface area contributed by atoms with E-state index in [0.29, 0.717) is 19.2 Å². The largest absolute Gasteiger partial charge is 0.465 e. The summed E-state index contributed by atoms with van der Waals surface area (Å²) in [6.07, 6.45) is 5.11. The van der Waals surface area contributed by atoms with Gasteiger partial charge < -0.3 is 15.0 Å². The van der Waals surface area contributed by atoms with Gasteiger partial charge in [-0.1, -0.05) is 19.8 Å². The number of carbonyl (C=O) groups excluding carboxylic acids is 1. The summed E-state index contributed by atoms with van der Waals surface area (Å²) in [4.78, 5) is 14.4. The van der Waals surface area contributed by atoms with Crippen LogP contribution in [0, 0.1) is 5.92 Å². The molecule has 0 amide bonds. The van der Waals surface area contributed by atoms with Crippen molar-refractivity contribution < 1.29 is 9.53 Å². The number of hydrogen-bond acceptors (Lipinski definition) is 4. The predicted octanol–water partition coefficient (Wildman–Crippen LogP) is 2.04. The molecule has 112 valence electrons. The minimum absolute atomic E-state index is 0.159. The zero-order valence-electron chi connectivity index (χ0n) is 13.2. The quantitative estimate of drug-likeness (QED) is 0.750. The Hall–Kier alpha value is -0.610. The lowest BCUT2D eigenvalue weighted by Crippen LogP contribution is -2.57. The molecule has 1 fully saturated rings. The van der Waals surface area contributed by atoms with Gasteiger partial charge >= 0.3 is 5.97 Å². The fourth-order valence-electron chi connectivity index (χ4n) is 2.97. The average Bonchev–Trinajstić information content (AvgIpc) is 2.38. The van der Waals surface area contributed by atoms with E-state index in [0.717, 1.165) is 5.92 Å². The summed E-state index contributed by atoms with van der Waals surface area (Å²) in [5.74, 6) is 0.637. The molecule has 0 spiro atoms. The maximum absolute atomic E-state index is 12.1. The molecule has 19 heavy (non-hydrogen) atoms. The molecule has 0 radical (unpaired) electrons. The summed E-state index contributed by atoms with van der Waals surface area (Å²) in [6, 6.07) is 0.589. The summed E-state index contributed by atoms with van der Waals surface area (Å²) < 4.78 is 5.18. The smallest absolute Gasteiger partial charge is 0.327 e. The Morgan fingerprint density at radius 3 is 2.68 bits per heavy atom. The Morgan fingerprint density at radius 2 is 2.16 bits per heavy atom. The molecule has 1 rings (SSSR count). The molecule has 1 aliphatic rings. The minimum atomic E-state index is -0.620. The van der Waals surface area contributed by atoms with E-state index in [9.17, 15) is 4.79 Å². The van der Waals surface area contributed by atoms with Crippen molar-refractivity contribution >= 4 is 5.97 Å². The van der Waals surface area contributed by atoms with Gasteiger partial charge in [-0.2, -0.15) is 0 Å². The monoisotopic (exact) mass is 270 g/mol. The minimum Gasteiger partial charge on any atom is -0.465 e. The van der Waals surface area contributed by atoms with E-state index < -0.39 is 5.54 Å². The van der Waals surface area contributed by atoms with Crippen molar-refractivity contribution in [3.8, 4) is 0 Å². The molecule has 4 heteroatoms. The zero-order chi connectivity index (χ0) is 14.5. The van der Waals surface area contributed by atoms with Crippen molar-refractivity contribution in [3.05, 3.63) is 0 Å². The predicted molar refractivity (Wildman–Crippen MR) is 78.1 cm³/mol. The molecule has 1 N–H and O–H groups in total. The van der Waals surface area contributed by atoms with E-state index in [-0.39, 0.29) is 5.97 Å². The van der Waals surface area contributed by atoms with Crippen LogP contribution in [0.25, 0.3) is 0 Å². The first kappa shape index (κ1) is 16.4. The second-order valence-electron chi connectivity index (χ2n) is 6.14. The molecule has 1 saturated carbocycles. The van der Waals surface area contributed by atoms with E-state index >= 15 is 0 Å². The number of carbonyl (C=O) groups is 1. The topological polar surface area (TPSA) is 41.6 Å². The summed E-state index contributed by atoms with van der Waals surface area (Å²) in [6.45, 7) is 7.22. The highest BCUT2D eigenvalue weighted by Gasteiger charge is 2.36. The Bertz CT molecular complexity index is 296. The SMILES string of the molecule is CCOC(=O)C(C)(CN(C)C1CCCC(C)C1)NC. The van der Waals surface area contributed by atoms with Crippen LogP contribution in [0.1, 0.15) is 46.5 Å². The van der Waals surface area contributed by atoms with Crippen molar-refractivity contribution in [2.45, 2.75) is 58.0 Å². The van der Waals surface area contributed by atoms with Crippen LogP contribution < -0.4 is 5.32 Å². The number of ether oxygens (including phenoxy) is 1. The number of hydrogen-bond donors (Lipinski definition) is 1. The van der Waals surface area contributed by atoms with E-state index in [4.69, 9.17) is 4.74 Å². The fraction of sp³-hybridized carbons (Fsp3) is 0.933. The zero-order valence-corrected chi connectivity index (χ0v) is 13.2. The van der Waals surface area contributed by atoms with Crippen LogP contribution in [0.3, 0.4) is 0 Å². The first-order valence-corrected chi connectivity index (χ1v) is 7.49. The molecule has 0 saturated heterocycles. The van der Waals surface area contributed by atoms with Crippen molar-refractivity contribution in [1.82, 2.24) is 10.2 Å². The van der Waals surface area contributed by atoms with Crippen molar-refractivity contribution in [1.29, 1.82) is 0 Å². The van der Waals surface area contributed by atoms with Crippen LogP contribution in [-0.4, -0.2) is 49.7 Å². The van der Waals surface area contributed by atoms with Crippen LogP contribution in [0.5, 0.6) is 0 Å². The molecule has 0 bridgehead atoms. The van der Waals surface area contributed by atoms with E-state index in [1.165, 1.54) is 25.7 Å².